The van der Waals surface area contributed by atoms with Gasteiger partial charge < -0.3 is 10.2 Å². The molecule has 0 bridgehead atoms. The predicted molar refractivity (Wildman–Crippen MR) is 75.4 cm³/mol. The van der Waals surface area contributed by atoms with E-state index in [9.17, 15) is 0 Å². The van der Waals surface area contributed by atoms with E-state index in [4.69, 9.17) is 10.2 Å². The minimum absolute atomic E-state index is 0.231. The summed E-state index contributed by atoms with van der Waals surface area (Å²) in [5, 5.41) is 0.231. The van der Waals surface area contributed by atoms with Crippen LogP contribution < -0.4 is 5.73 Å². The van der Waals surface area contributed by atoms with Gasteiger partial charge in [0.15, 0.2) is 8.32 Å². The summed E-state index contributed by atoms with van der Waals surface area (Å²) in [6.45, 7) is 13.8. The minimum atomic E-state index is -1.70. The molecule has 96 valence electrons. The molecule has 0 amide bonds. The molecular formula is C13H24N2OSi. The highest BCUT2D eigenvalue weighted by atomic mass is 28.4. The Labute approximate surface area is 106 Å². The van der Waals surface area contributed by atoms with Crippen molar-refractivity contribution in [3.05, 3.63) is 23.5 Å². The Morgan fingerprint density at radius 2 is 1.94 bits per heavy atom. The maximum Gasteiger partial charge on any atom is 0.192 e. The summed E-state index contributed by atoms with van der Waals surface area (Å²) >= 11 is 0. The Morgan fingerprint density at radius 3 is 2.47 bits per heavy atom. The fraction of sp³-hybridized carbons (Fsp3) is 0.615. The Bertz CT molecular complexity index is 397. The lowest BCUT2D eigenvalue weighted by molar-refractivity contribution is 0.275. The summed E-state index contributed by atoms with van der Waals surface area (Å²) in [6, 6.07) is 1.95. The summed E-state index contributed by atoms with van der Waals surface area (Å²) in [5.41, 5.74) is 8.53. The van der Waals surface area contributed by atoms with Crippen molar-refractivity contribution in [2.75, 3.05) is 5.73 Å². The van der Waals surface area contributed by atoms with Gasteiger partial charge in [0.05, 0.1) is 18.5 Å². The average molecular weight is 252 g/mol. The molecule has 0 aliphatic carbocycles. The summed E-state index contributed by atoms with van der Waals surface area (Å²) in [7, 11) is -1.70. The number of aromatic nitrogens is 1. The lowest BCUT2D eigenvalue weighted by atomic mass is 10.2. The molecule has 0 aromatic carbocycles. The smallest absolute Gasteiger partial charge is 0.192 e. The Hall–Kier alpha value is -0.873. The van der Waals surface area contributed by atoms with Crippen LogP contribution in [0.25, 0.3) is 0 Å². The first-order valence-corrected chi connectivity index (χ1v) is 8.89. The zero-order valence-corrected chi connectivity index (χ0v) is 12.8. The van der Waals surface area contributed by atoms with Gasteiger partial charge in [-0.1, -0.05) is 20.8 Å². The van der Waals surface area contributed by atoms with Crippen molar-refractivity contribution in [3.63, 3.8) is 0 Å². The van der Waals surface area contributed by atoms with Gasteiger partial charge in [-0.3, -0.25) is 4.98 Å². The van der Waals surface area contributed by atoms with E-state index in [1.807, 2.05) is 13.0 Å². The van der Waals surface area contributed by atoms with Gasteiger partial charge in [-0.15, -0.1) is 0 Å². The van der Waals surface area contributed by atoms with Crippen molar-refractivity contribution in [1.82, 2.24) is 4.98 Å². The molecule has 0 saturated heterocycles. The van der Waals surface area contributed by atoms with Crippen LogP contribution in [0.15, 0.2) is 12.3 Å². The summed E-state index contributed by atoms with van der Waals surface area (Å²) in [4.78, 5) is 4.25. The van der Waals surface area contributed by atoms with Crippen LogP contribution in [0, 0.1) is 6.92 Å². The van der Waals surface area contributed by atoms with Gasteiger partial charge in [0.25, 0.3) is 0 Å². The van der Waals surface area contributed by atoms with E-state index in [-0.39, 0.29) is 5.04 Å². The molecule has 1 heterocycles. The molecule has 1 aromatic rings. The third kappa shape index (κ3) is 3.54. The van der Waals surface area contributed by atoms with Crippen LogP contribution >= 0.6 is 0 Å². The van der Waals surface area contributed by atoms with Gasteiger partial charge >= 0.3 is 0 Å². The predicted octanol–water partition coefficient (Wildman–Crippen LogP) is 3.49. The second kappa shape index (κ2) is 4.78. The number of pyridine rings is 1. The number of aryl methyl sites for hydroxylation is 1. The molecule has 0 spiro atoms. The standard InChI is InChI=1S/C13H24N2OSi/c1-10-11(7-12(14)8-15-10)9-16-17(5,6)13(2,3)4/h7-8H,9,14H2,1-6H3. The van der Waals surface area contributed by atoms with Crippen LogP contribution in [0.3, 0.4) is 0 Å². The molecule has 1 rings (SSSR count). The van der Waals surface area contributed by atoms with Crippen LogP contribution in [0.4, 0.5) is 5.69 Å². The average Bonchev–Trinajstić information content (AvgIpc) is 2.18. The molecule has 0 aliphatic rings. The molecule has 0 fully saturated rings. The van der Waals surface area contributed by atoms with Crippen LogP contribution in [0.1, 0.15) is 32.0 Å². The lowest BCUT2D eigenvalue weighted by Gasteiger charge is -2.36. The van der Waals surface area contributed by atoms with Crippen LogP contribution in [0.5, 0.6) is 0 Å². The van der Waals surface area contributed by atoms with Crippen LogP contribution in [-0.4, -0.2) is 13.3 Å². The maximum atomic E-state index is 6.16. The second-order valence-corrected chi connectivity index (χ2v) is 10.9. The molecule has 0 aliphatic heterocycles. The third-order valence-corrected chi connectivity index (χ3v) is 8.09. The first-order valence-electron chi connectivity index (χ1n) is 5.98. The molecule has 0 atom stereocenters. The normalized spacial score (nSPS) is 12.8. The lowest BCUT2D eigenvalue weighted by Crippen LogP contribution is -2.40. The summed E-state index contributed by atoms with van der Waals surface area (Å²) < 4.78 is 6.16. The fourth-order valence-electron chi connectivity index (χ4n) is 1.22. The highest BCUT2D eigenvalue weighted by Crippen LogP contribution is 2.37. The van der Waals surface area contributed by atoms with Gasteiger partial charge in [-0.25, -0.2) is 0 Å². The van der Waals surface area contributed by atoms with Crippen LogP contribution in [0.2, 0.25) is 18.1 Å². The van der Waals surface area contributed by atoms with E-state index in [2.05, 4.69) is 38.8 Å². The third-order valence-electron chi connectivity index (χ3n) is 3.61. The van der Waals surface area contributed by atoms with Crippen LogP contribution in [-0.2, 0) is 11.0 Å². The molecule has 2 N–H and O–H groups in total. The van der Waals surface area contributed by atoms with Gasteiger partial charge in [-0.05, 0) is 36.7 Å². The summed E-state index contributed by atoms with van der Waals surface area (Å²) in [6.07, 6.45) is 1.69. The van der Waals surface area contributed by atoms with Crippen molar-refractivity contribution in [1.29, 1.82) is 0 Å². The van der Waals surface area contributed by atoms with Crippen molar-refractivity contribution in [3.8, 4) is 0 Å². The van der Waals surface area contributed by atoms with E-state index in [0.29, 0.717) is 12.3 Å². The van der Waals surface area contributed by atoms with Gasteiger partial charge in [0.2, 0.25) is 0 Å². The number of hydrogen-bond acceptors (Lipinski definition) is 3. The van der Waals surface area contributed by atoms with Crippen molar-refractivity contribution in [2.45, 2.75) is 52.4 Å². The SMILES string of the molecule is Cc1ncc(N)cc1CO[Si](C)(C)C(C)(C)C. The van der Waals surface area contributed by atoms with E-state index in [1.165, 1.54) is 0 Å². The van der Waals surface area contributed by atoms with Crippen molar-refractivity contribution < 1.29 is 4.43 Å². The van der Waals surface area contributed by atoms with Crippen molar-refractivity contribution in [2.24, 2.45) is 0 Å². The topological polar surface area (TPSA) is 48.1 Å². The van der Waals surface area contributed by atoms with Gasteiger partial charge in [-0.2, -0.15) is 0 Å². The van der Waals surface area contributed by atoms with E-state index < -0.39 is 8.32 Å². The highest BCUT2D eigenvalue weighted by Gasteiger charge is 2.37. The monoisotopic (exact) mass is 252 g/mol. The van der Waals surface area contributed by atoms with E-state index in [1.54, 1.807) is 6.20 Å². The minimum Gasteiger partial charge on any atom is -0.412 e. The molecular weight excluding hydrogens is 228 g/mol. The first-order chi connectivity index (χ1) is 7.63. The molecule has 17 heavy (non-hydrogen) atoms. The molecule has 0 unspecified atom stereocenters. The molecule has 3 nitrogen and oxygen atoms in total. The zero-order valence-electron chi connectivity index (χ0n) is 11.8. The highest BCUT2D eigenvalue weighted by molar-refractivity contribution is 6.74. The van der Waals surface area contributed by atoms with E-state index in [0.717, 1.165) is 11.3 Å². The number of nitrogens with zero attached hydrogens (tertiary/aromatic N) is 1. The maximum absolute atomic E-state index is 6.16. The van der Waals surface area contributed by atoms with Gasteiger partial charge in [0, 0.05) is 5.69 Å². The quantitative estimate of drug-likeness (QED) is 0.838. The zero-order chi connectivity index (χ0) is 13.3. The van der Waals surface area contributed by atoms with Crippen molar-refractivity contribution >= 4 is 14.0 Å². The first kappa shape index (κ1) is 14.2. The molecule has 1 aromatic heterocycles. The number of rotatable bonds is 3. The number of nitrogens with two attached hydrogens (primary N) is 1. The molecule has 4 heteroatoms. The Balaban J connectivity index is 2.77. The molecule has 0 saturated carbocycles. The Morgan fingerprint density at radius 1 is 1.35 bits per heavy atom. The second-order valence-electron chi connectivity index (χ2n) is 6.06. The number of nitrogen functional groups attached to an aromatic ring is 1. The largest absolute Gasteiger partial charge is 0.412 e. The van der Waals surface area contributed by atoms with E-state index >= 15 is 0 Å². The number of anilines is 1. The van der Waals surface area contributed by atoms with Gasteiger partial charge in [0.1, 0.15) is 0 Å². The number of hydrogen-bond donors (Lipinski definition) is 1. The molecule has 0 radical (unpaired) electrons. The fourth-order valence-corrected chi connectivity index (χ4v) is 2.17. The summed E-state index contributed by atoms with van der Waals surface area (Å²) in [5.74, 6) is 0. The Kier molecular flexibility index (Phi) is 3.99.